The molecule has 0 unspecified atom stereocenters. The van der Waals surface area contributed by atoms with Gasteiger partial charge >= 0.3 is 0 Å². The van der Waals surface area contributed by atoms with Crippen LogP contribution in [0.3, 0.4) is 0 Å². The van der Waals surface area contributed by atoms with Crippen molar-refractivity contribution in [3.63, 3.8) is 0 Å². The van der Waals surface area contributed by atoms with Crippen molar-refractivity contribution in [1.82, 2.24) is 14.8 Å². The van der Waals surface area contributed by atoms with E-state index in [4.69, 9.17) is 9.47 Å². The summed E-state index contributed by atoms with van der Waals surface area (Å²) in [6, 6.07) is 15.1. The van der Waals surface area contributed by atoms with Crippen LogP contribution in [0, 0.1) is 13.8 Å². The van der Waals surface area contributed by atoms with E-state index in [0.717, 1.165) is 27.2 Å². The van der Waals surface area contributed by atoms with Gasteiger partial charge in [0.1, 0.15) is 17.3 Å². The molecule has 2 heterocycles. The maximum atomic E-state index is 12.4. The van der Waals surface area contributed by atoms with Crippen LogP contribution in [0.1, 0.15) is 11.3 Å². The van der Waals surface area contributed by atoms with Crippen molar-refractivity contribution in [2.24, 2.45) is 0 Å². The third-order valence-electron chi connectivity index (χ3n) is 4.25. The number of methoxy groups -OCH3 is 1. The Labute approximate surface area is 171 Å². The Bertz CT molecular complexity index is 1160. The highest BCUT2D eigenvalue weighted by Gasteiger charge is 2.15. The average molecular weight is 408 g/mol. The zero-order valence-electron chi connectivity index (χ0n) is 16.3. The molecule has 8 heteroatoms. The molecule has 0 bridgehead atoms. The Morgan fingerprint density at radius 1 is 1.10 bits per heavy atom. The van der Waals surface area contributed by atoms with Gasteiger partial charge in [-0.05, 0) is 38.1 Å². The van der Waals surface area contributed by atoms with Crippen molar-refractivity contribution in [3.05, 3.63) is 59.8 Å². The molecule has 0 fully saturated rings. The van der Waals surface area contributed by atoms with E-state index in [1.807, 2.05) is 56.3 Å². The molecular formula is C21H20N4O3S. The molecule has 0 aliphatic rings. The number of ether oxygens (including phenoxy) is 2. The number of carbonyl (C=O) groups is 1. The molecule has 1 N–H and O–H groups in total. The Kier molecular flexibility index (Phi) is 5.18. The van der Waals surface area contributed by atoms with Crippen LogP contribution in [0.15, 0.2) is 48.5 Å². The van der Waals surface area contributed by atoms with Crippen molar-refractivity contribution in [2.75, 3.05) is 19.0 Å². The fourth-order valence-electron chi connectivity index (χ4n) is 2.81. The maximum absolute atomic E-state index is 12.4. The summed E-state index contributed by atoms with van der Waals surface area (Å²) in [5, 5.41) is 8.00. The lowest BCUT2D eigenvalue weighted by molar-refractivity contribution is -0.118. The number of aryl methyl sites for hydroxylation is 2. The molecule has 4 aromatic rings. The molecule has 2 aromatic heterocycles. The molecule has 0 saturated heterocycles. The second-order valence-corrected chi connectivity index (χ2v) is 7.57. The highest BCUT2D eigenvalue weighted by molar-refractivity contribution is 7.20. The number of thiazole rings is 1. The van der Waals surface area contributed by atoms with Gasteiger partial charge in [-0.25, -0.2) is 4.98 Å². The van der Waals surface area contributed by atoms with Gasteiger partial charge in [0.05, 0.1) is 23.0 Å². The molecule has 0 aliphatic carbocycles. The third-order valence-corrected chi connectivity index (χ3v) is 5.27. The van der Waals surface area contributed by atoms with Crippen molar-refractivity contribution in [1.29, 1.82) is 0 Å². The summed E-state index contributed by atoms with van der Waals surface area (Å²) in [5.74, 6) is 1.67. The van der Waals surface area contributed by atoms with Crippen LogP contribution in [-0.2, 0) is 4.79 Å². The fraction of sp³-hybridized carbons (Fsp3) is 0.190. The van der Waals surface area contributed by atoms with E-state index < -0.39 is 0 Å². The Balaban J connectivity index is 1.52. The number of nitrogens with zero attached hydrogens (tertiary/aromatic N) is 3. The van der Waals surface area contributed by atoms with Crippen LogP contribution in [-0.4, -0.2) is 34.4 Å². The van der Waals surface area contributed by atoms with Gasteiger partial charge in [-0.3, -0.25) is 4.79 Å². The van der Waals surface area contributed by atoms with Gasteiger partial charge in [0.2, 0.25) is 5.13 Å². The Morgan fingerprint density at radius 3 is 2.62 bits per heavy atom. The van der Waals surface area contributed by atoms with Crippen molar-refractivity contribution in [3.8, 4) is 16.6 Å². The minimum absolute atomic E-state index is 0.0929. The number of anilines is 1. The van der Waals surface area contributed by atoms with Gasteiger partial charge < -0.3 is 14.8 Å². The number of amides is 1. The van der Waals surface area contributed by atoms with Crippen LogP contribution in [0.25, 0.3) is 15.3 Å². The Morgan fingerprint density at radius 2 is 1.86 bits per heavy atom. The van der Waals surface area contributed by atoms with Gasteiger partial charge in [-0.15, -0.1) is 0 Å². The summed E-state index contributed by atoms with van der Waals surface area (Å²) in [4.78, 5) is 17.0. The molecule has 7 nitrogen and oxygen atoms in total. The lowest BCUT2D eigenvalue weighted by atomic mass is 10.2. The van der Waals surface area contributed by atoms with Gasteiger partial charge in [0, 0.05) is 12.1 Å². The molecule has 4 rings (SSSR count). The SMILES string of the molecule is COc1ccc2sc(-n3nc(C)cc3NC(=O)COc3ccc(C)cc3)nc2c1. The number of benzene rings is 2. The summed E-state index contributed by atoms with van der Waals surface area (Å²) >= 11 is 1.49. The molecule has 1 amide bonds. The standard InChI is InChI=1S/C21H20N4O3S/c1-13-4-6-15(7-5-13)28-12-20(26)23-19-10-14(2)24-25(19)21-22-17-11-16(27-3)8-9-18(17)29-21/h4-11H,12H2,1-3H3,(H,23,26). The van der Waals surface area contributed by atoms with Crippen molar-refractivity contribution >= 4 is 33.3 Å². The molecule has 148 valence electrons. The second-order valence-electron chi connectivity index (χ2n) is 6.56. The number of aromatic nitrogens is 3. The molecule has 0 atom stereocenters. The van der Waals surface area contributed by atoms with E-state index in [-0.39, 0.29) is 12.5 Å². The normalized spacial score (nSPS) is 10.9. The molecule has 0 spiro atoms. The summed E-state index contributed by atoms with van der Waals surface area (Å²) in [7, 11) is 1.62. The number of fused-ring (bicyclic) bond motifs is 1. The van der Waals surface area contributed by atoms with Crippen LogP contribution in [0.5, 0.6) is 11.5 Å². The van der Waals surface area contributed by atoms with Gasteiger partial charge in [0.25, 0.3) is 5.91 Å². The molecule has 0 aliphatic heterocycles. The van der Waals surface area contributed by atoms with E-state index in [9.17, 15) is 4.79 Å². The highest BCUT2D eigenvalue weighted by Crippen LogP contribution is 2.29. The molecule has 0 radical (unpaired) electrons. The first-order valence-electron chi connectivity index (χ1n) is 9.03. The Hall–Kier alpha value is -3.39. The summed E-state index contributed by atoms with van der Waals surface area (Å²) in [6.45, 7) is 3.77. The summed E-state index contributed by atoms with van der Waals surface area (Å²) in [6.07, 6.45) is 0. The van der Waals surface area contributed by atoms with Gasteiger partial charge in [-0.1, -0.05) is 29.0 Å². The number of hydrogen-bond donors (Lipinski definition) is 1. The van der Waals surface area contributed by atoms with Crippen molar-refractivity contribution in [2.45, 2.75) is 13.8 Å². The largest absolute Gasteiger partial charge is 0.497 e. The lowest BCUT2D eigenvalue weighted by Crippen LogP contribution is -2.21. The fourth-order valence-corrected chi connectivity index (χ4v) is 3.72. The molecule has 2 aromatic carbocycles. The molecule has 29 heavy (non-hydrogen) atoms. The maximum Gasteiger partial charge on any atom is 0.263 e. The topological polar surface area (TPSA) is 78.3 Å². The quantitative estimate of drug-likeness (QED) is 0.519. The zero-order chi connectivity index (χ0) is 20.4. The van der Waals surface area contributed by atoms with Crippen LogP contribution in [0.4, 0.5) is 5.82 Å². The molecular weight excluding hydrogens is 388 g/mol. The first-order chi connectivity index (χ1) is 14.0. The predicted molar refractivity (Wildman–Crippen MR) is 113 cm³/mol. The number of carbonyl (C=O) groups excluding carboxylic acids is 1. The average Bonchev–Trinajstić information content (AvgIpc) is 3.29. The van der Waals surface area contributed by atoms with E-state index in [1.54, 1.807) is 17.9 Å². The number of nitrogens with one attached hydrogen (secondary N) is 1. The second kappa shape index (κ2) is 7.92. The number of rotatable bonds is 6. The smallest absolute Gasteiger partial charge is 0.263 e. The van der Waals surface area contributed by atoms with E-state index >= 15 is 0 Å². The van der Waals surface area contributed by atoms with E-state index in [1.165, 1.54) is 11.3 Å². The highest BCUT2D eigenvalue weighted by atomic mass is 32.1. The minimum Gasteiger partial charge on any atom is -0.497 e. The first-order valence-corrected chi connectivity index (χ1v) is 9.84. The zero-order valence-corrected chi connectivity index (χ0v) is 17.1. The van der Waals surface area contributed by atoms with Crippen LogP contribution in [0.2, 0.25) is 0 Å². The monoisotopic (exact) mass is 408 g/mol. The van der Waals surface area contributed by atoms with Crippen molar-refractivity contribution < 1.29 is 14.3 Å². The summed E-state index contributed by atoms with van der Waals surface area (Å²) in [5.41, 5.74) is 2.73. The van der Waals surface area contributed by atoms with Gasteiger partial charge in [-0.2, -0.15) is 9.78 Å². The first kappa shape index (κ1) is 18.9. The van der Waals surface area contributed by atoms with Crippen LogP contribution >= 0.6 is 11.3 Å². The lowest BCUT2D eigenvalue weighted by Gasteiger charge is -2.08. The van der Waals surface area contributed by atoms with E-state index in [2.05, 4.69) is 15.4 Å². The molecule has 0 saturated carbocycles. The predicted octanol–water partition coefficient (Wildman–Crippen LogP) is 4.12. The number of hydrogen-bond acceptors (Lipinski definition) is 6. The summed E-state index contributed by atoms with van der Waals surface area (Å²) < 4.78 is 13.5. The van der Waals surface area contributed by atoms with Crippen LogP contribution < -0.4 is 14.8 Å². The minimum atomic E-state index is -0.269. The van der Waals surface area contributed by atoms with Gasteiger partial charge in [0.15, 0.2) is 6.61 Å². The van der Waals surface area contributed by atoms with E-state index in [0.29, 0.717) is 16.7 Å². The third kappa shape index (κ3) is 4.22.